The minimum atomic E-state index is -1.99. The zero-order valence-corrected chi connectivity index (χ0v) is 41.8. The van der Waals surface area contributed by atoms with Crippen LogP contribution in [0.2, 0.25) is 0 Å². The van der Waals surface area contributed by atoms with Gasteiger partial charge in [0.05, 0.1) is 38.6 Å². The van der Waals surface area contributed by atoms with Crippen LogP contribution in [0.3, 0.4) is 0 Å². The average Bonchev–Trinajstić information content (AvgIpc) is 3.82. The van der Waals surface area contributed by atoms with Gasteiger partial charge in [-0.2, -0.15) is 0 Å². The SMILES string of the molecule is CC1C2C(C[C@H]3[C@@H]4CC[C@H]5C[C@@H](O[C@@H]6O[C@H](CO)[C@H](O[C@@H]7O[C@H](CO)[C@@H](O)[C@H](O[C@@H]8OC[C@@H](O)[C@H](O)[C@H]8O)[C@H]7O[C@@H]7O[C@H](CO)[C@@H](O)[C@H](O)[C@H]7O)[C@H](O)[C@H]6O)CC[C@]5(C)C4CC[C@]23C)O[C@]12CC[C@H](C)CN2. The van der Waals surface area contributed by atoms with Crippen molar-refractivity contribution in [3.8, 4) is 0 Å². The third-order valence-electron chi connectivity index (χ3n) is 20.2. The number of ether oxygens (including phenoxy) is 9. The van der Waals surface area contributed by atoms with Crippen molar-refractivity contribution in [3.05, 3.63) is 0 Å². The molecule has 0 bridgehead atoms. The van der Waals surface area contributed by atoms with Gasteiger partial charge in [-0.3, -0.25) is 5.32 Å². The van der Waals surface area contributed by atoms with Crippen LogP contribution >= 0.6 is 0 Å². The lowest BCUT2D eigenvalue weighted by Crippen LogP contribution is -2.68. The second kappa shape index (κ2) is 21.1. The minimum absolute atomic E-state index is 0.104. The molecule has 0 amide bonds. The van der Waals surface area contributed by atoms with E-state index in [4.69, 9.17) is 42.6 Å². The summed E-state index contributed by atoms with van der Waals surface area (Å²) >= 11 is 0. The van der Waals surface area contributed by atoms with Gasteiger partial charge in [0, 0.05) is 12.5 Å². The molecule has 0 aromatic carbocycles. The molecule has 0 aromatic rings. The third-order valence-corrected chi connectivity index (χ3v) is 20.2. The van der Waals surface area contributed by atoms with Gasteiger partial charge in [0.2, 0.25) is 0 Å². The first-order valence-corrected chi connectivity index (χ1v) is 26.8. The molecular formula is C50H83NO21. The van der Waals surface area contributed by atoms with Crippen molar-refractivity contribution in [1.82, 2.24) is 5.32 Å². The van der Waals surface area contributed by atoms with Crippen LogP contribution < -0.4 is 5.32 Å². The molecule has 414 valence electrons. The molecule has 0 radical (unpaired) electrons. The molecule has 1 spiro atoms. The van der Waals surface area contributed by atoms with E-state index in [-0.39, 0.29) is 28.8 Å². The summed E-state index contributed by atoms with van der Waals surface area (Å²) in [6.07, 6.45) is -22.4. The highest BCUT2D eigenvalue weighted by atomic mass is 16.8. The Hall–Kier alpha value is -0.880. The summed E-state index contributed by atoms with van der Waals surface area (Å²) in [7, 11) is 0. The highest BCUT2D eigenvalue weighted by Gasteiger charge is 2.69. The maximum atomic E-state index is 11.8. The molecule has 4 unspecified atom stereocenters. The van der Waals surface area contributed by atoms with Gasteiger partial charge < -0.3 is 104 Å². The summed E-state index contributed by atoms with van der Waals surface area (Å²) in [4.78, 5) is 0. The molecule has 6 heterocycles. The molecule has 10 rings (SSSR count). The van der Waals surface area contributed by atoms with Crippen molar-refractivity contribution >= 4 is 0 Å². The van der Waals surface area contributed by atoms with Gasteiger partial charge in [0.15, 0.2) is 25.2 Å². The number of piperidine rings is 1. The average molecular weight is 1030 g/mol. The largest absolute Gasteiger partial charge is 0.394 e. The molecule has 4 aliphatic carbocycles. The lowest BCUT2D eigenvalue weighted by molar-refractivity contribution is -0.404. The van der Waals surface area contributed by atoms with Gasteiger partial charge in [0.25, 0.3) is 0 Å². The number of nitrogens with one attached hydrogen (secondary N) is 1. The summed E-state index contributed by atoms with van der Waals surface area (Å²) in [5, 5.41) is 133. The van der Waals surface area contributed by atoms with Crippen LogP contribution in [0, 0.1) is 52.3 Å². The fraction of sp³-hybridized carbons (Fsp3) is 1.00. The molecule has 31 atom stereocenters. The lowest BCUT2D eigenvalue weighted by Gasteiger charge is -2.61. The zero-order valence-electron chi connectivity index (χ0n) is 41.8. The van der Waals surface area contributed by atoms with E-state index >= 15 is 0 Å². The monoisotopic (exact) mass is 1030 g/mol. The first-order chi connectivity index (χ1) is 34.3. The van der Waals surface area contributed by atoms with E-state index in [1.807, 2.05) is 0 Å². The first kappa shape index (κ1) is 54.5. The van der Waals surface area contributed by atoms with Crippen LogP contribution in [0.25, 0.3) is 0 Å². The summed E-state index contributed by atoms with van der Waals surface area (Å²) in [5.74, 6) is 3.87. The quantitative estimate of drug-likeness (QED) is 0.0937. The second-order valence-corrected chi connectivity index (χ2v) is 24.0. The summed E-state index contributed by atoms with van der Waals surface area (Å²) in [6.45, 7) is 7.84. The van der Waals surface area contributed by atoms with E-state index in [2.05, 4.69) is 33.0 Å². The Bertz CT molecular complexity index is 1830. The van der Waals surface area contributed by atoms with Crippen molar-refractivity contribution < 1.29 is 104 Å². The molecular weight excluding hydrogens is 951 g/mol. The number of rotatable bonds is 11. The summed E-state index contributed by atoms with van der Waals surface area (Å²) < 4.78 is 55.0. The topological polar surface area (TPSA) is 338 Å². The Morgan fingerprint density at radius 1 is 0.542 bits per heavy atom. The standard InChI is InChI=1S/C50H83NO21/c1-20-7-12-50(51-15-20)21(2)32-28(72-50)14-26-24-6-5-22-13-23(8-10-48(22,3)25(24)9-11-49(26,32)4)65-45-40(63)37(60)41(31(18-54)68-45)69-47-43(71-46-39(62)36(59)34(57)29(16-52)66-46)42(35(58)30(17-53)67-47)70-44-38(61)33(56)27(55)19-64-44/h20-47,51-63H,5-19H2,1-4H3/t20-,21?,22-,23-,24+,25?,26-,27+,28?,29+,30+,31+,32?,33-,34+,35+,36-,37+,38+,39+,40+,41-,42-,43+,44-,45+,46-,47-,48-,49-,50+/m0/s1. The van der Waals surface area contributed by atoms with Crippen LogP contribution in [0.4, 0.5) is 0 Å². The van der Waals surface area contributed by atoms with Gasteiger partial charge in [-0.15, -0.1) is 0 Å². The molecule has 4 saturated carbocycles. The molecule has 10 fully saturated rings. The van der Waals surface area contributed by atoms with Crippen LogP contribution in [-0.2, 0) is 42.6 Å². The van der Waals surface area contributed by atoms with Gasteiger partial charge in [-0.1, -0.05) is 27.7 Å². The Balaban J connectivity index is 0.812. The summed E-state index contributed by atoms with van der Waals surface area (Å²) in [5.41, 5.74) is 0.147. The molecule has 22 nitrogen and oxygen atoms in total. The van der Waals surface area contributed by atoms with E-state index in [1.165, 1.54) is 19.3 Å². The maximum Gasteiger partial charge on any atom is 0.187 e. The fourth-order valence-electron chi connectivity index (χ4n) is 16.1. The lowest BCUT2D eigenvalue weighted by atomic mass is 9.44. The van der Waals surface area contributed by atoms with Gasteiger partial charge >= 0.3 is 0 Å². The van der Waals surface area contributed by atoms with E-state index in [0.717, 1.165) is 45.1 Å². The molecule has 10 aliphatic rings. The molecule has 6 saturated heterocycles. The van der Waals surface area contributed by atoms with Gasteiger partial charge in [-0.25, -0.2) is 0 Å². The van der Waals surface area contributed by atoms with Crippen molar-refractivity contribution in [2.75, 3.05) is 33.0 Å². The van der Waals surface area contributed by atoms with Crippen LogP contribution in [0.5, 0.6) is 0 Å². The van der Waals surface area contributed by atoms with Crippen molar-refractivity contribution in [3.63, 3.8) is 0 Å². The Morgan fingerprint density at radius 2 is 1.17 bits per heavy atom. The number of aliphatic hydroxyl groups excluding tert-OH is 12. The molecule has 22 heteroatoms. The fourth-order valence-corrected chi connectivity index (χ4v) is 16.1. The first-order valence-electron chi connectivity index (χ1n) is 26.8. The van der Waals surface area contributed by atoms with Gasteiger partial charge in [0.1, 0.15) is 97.3 Å². The smallest absolute Gasteiger partial charge is 0.187 e. The van der Waals surface area contributed by atoms with Gasteiger partial charge in [-0.05, 0) is 111 Å². The highest BCUT2D eigenvalue weighted by molar-refractivity contribution is 5.16. The van der Waals surface area contributed by atoms with E-state index in [1.54, 1.807) is 0 Å². The predicted molar refractivity (Wildman–Crippen MR) is 244 cm³/mol. The normalized spacial score (nSPS) is 57.8. The predicted octanol–water partition coefficient (Wildman–Crippen LogP) is -2.70. The van der Waals surface area contributed by atoms with E-state index in [9.17, 15) is 61.3 Å². The molecule has 13 N–H and O–H groups in total. The number of aliphatic hydroxyl groups is 12. The Morgan fingerprint density at radius 3 is 1.88 bits per heavy atom. The number of hydrogen-bond acceptors (Lipinski definition) is 22. The van der Waals surface area contributed by atoms with E-state index in [0.29, 0.717) is 47.8 Å². The minimum Gasteiger partial charge on any atom is -0.394 e. The third kappa shape index (κ3) is 9.26. The number of fused-ring (bicyclic) bond motifs is 7. The van der Waals surface area contributed by atoms with Crippen LogP contribution in [0.15, 0.2) is 0 Å². The van der Waals surface area contributed by atoms with Crippen LogP contribution in [0.1, 0.15) is 91.9 Å². The van der Waals surface area contributed by atoms with Crippen molar-refractivity contribution in [2.45, 2.75) is 227 Å². The second-order valence-electron chi connectivity index (χ2n) is 24.0. The molecule has 72 heavy (non-hydrogen) atoms. The van der Waals surface area contributed by atoms with Crippen molar-refractivity contribution in [1.29, 1.82) is 0 Å². The highest BCUT2D eigenvalue weighted by Crippen LogP contribution is 2.71. The number of hydrogen-bond donors (Lipinski definition) is 13. The Kier molecular flexibility index (Phi) is 15.9. The maximum absolute atomic E-state index is 11.8. The van der Waals surface area contributed by atoms with Crippen molar-refractivity contribution in [2.24, 2.45) is 52.3 Å². The summed E-state index contributed by atoms with van der Waals surface area (Å²) in [6, 6.07) is 0. The van der Waals surface area contributed by atoms with Crippen LogP contribution in [-0.4, -0.2) is 229 Å². The zero-order chi connectivity index (χ0) is 51.3. The molecule has 0 aromatic heterocycles. The Labute approximate surface area is 420 Å². The molecule has 6 aliphatic heterocycles. The van der Waals surface area contributed by atoms with E-state index < -0.39 is 143 Å².